The number of rotatable bonds is 6. The molecule has 142 valence electrons. The van der Waals surface area contributed by atoms with Gasteiger partial charge in [0, 0.05) is 26.2 Å². The Bertz CT molecular complexity index is 876. The van der Waals surface area contributed by atoms with E-state index in [2.05, 4.69) is 25.8 Å². The topological polar surface area (TPSA) is 113 Å². The van der Waals surface area contributed by atoms with Gasteiger partial charge in [0.15, 0.2) is 5.76 Å². The summed E-state index contributed by atoms with van der Waals surface area (Å²) in [5.41, 5.74) is 1.18. The van der Waals surface area contributed by atoms with Crippen LogP contribution in [0.2, 0.25) is 0 Å². The summed E-state index contributed by atoms with van der Waals surface area (Å²) in [6.07, 6.45) is 1.43. The maximum Gasteiger partial charge on any atom is 0.249 e. The van der Waals surface area contributed by atoms with E-state index in [9.17, 15) is 8.42 Å². The molecular weight excluding hydrogens is 356 g/mol. The zero-order valence-corrected chi connectivity index (χ0v) is 16.2. The van der Waals surface area contributed by atoms with Crippen molar-refractivity contribution in [2.45, 2.75) is 44.2 Å². The van der Waals surface area contributed by atoms with E-state index in [1.807, 2.05) is 13.1 Å². The molecule has 0 bridgehead atoms. The molecule has 3 rings (SSSR count). The van der Waals surface area contributed by atoms with Crippen LogP contribution >= 0.6 is 0 Å². The van der Waals surface area contributed by atoms with E-state index in [-0.39, 0.29) is 4.90 Å². The van der Waals surface area contributed by atoms with Crippen LogP contribution in [0.15, 0.2) is 15.5 Å². The van der Waals surface area contributed by atoms with Gasteiger partial charge in [-0.15, -0.1) is 0 Å². The van der Waals surface area contributed by atoms with Crippen molar-refractivity contribution in [1.82, 2.24) is 24.7 Å². The minimum Gasteiger partial charge on any atom is -0.373 e. The third-order valence-corrected chi connectivity index (χ3v) is 6.60. The lowest BCUT2D eigenvalue weighted by atomic mass is 10.2. The number of nitrogens with zero attached hydrogens (tertiary/aromatic N) is 4. The average Bonchev–Trinajstić information content (AvgIpc) is 3.22. The molecule has 0 amide bonds. The Kier molecular flexibility index (Phi) is 5.26. The van der Waals surface area contributed by atoms with E-state index in [4.69, 9.17) is 4.52 Å². The lowest BCUT2D eigenvalue weighted by Gasteiger charge is -2.23. The summed E-state index contributed by atoms with van der Waals surface area (Å²) in [6, 6.07) is 1.44. The first-order valence-corrected chi connectivity index (χ1v) is 9.97. The molecule has 0 spiro atoms. The average molecular weight is 380 g/mol. The highest BCUT2D eigenvalue weighted by atomic mass is 32.2. The smallest absolute Gasteiger partial charge is 0.249 e. The first-order valence-electron chi connectivity index (χ1n) is 8.53. The van der Waals surface area contributed by atoms with Crippen LogP contribution in [-0.2, 0) is 16.6 Å². The van der Waals surface area contributed by atoms with E-state index in [1.54, 1.807) is 20.9 Å². The van der Waals surface area contributed by atoms with Gasteiger partial charge in [0.2, 0.25) is 10.0 Å². The SMILES string of the molecule is CNCc1cc(NC)nc([C@@H]2CCCN2S(=O)(=O)c2c(C)noc2C)n1. The third-order valence-electron chi connectivity index (χ3n) is 4.45. The highest BCUT2D eigenvalue weighted by molar-refractivity contribution is 7.89. The summed E-state index contributed by atoms with van der Waals surface area (Å²) < 4.78 is 33.0. The molecule has 2 aromatic heterocycles. The predicted molar refractivity (Wildman–Crippen MR) is 96.2 cm³/mol. The van der Waals surface area contributed by atoms with Gasteiger partial charge >= 0.3 is 0 Å². The van der Waals surface area contributed by atoms with Crippen molar-refractivity contribution < 1.29 is 12.9 Å². The third kappa shape index (κ3) is 3.31. The molecule has 10 heteroatoms. The summed E-state index contributed by atoms with van der Waals surface area (Å²) in [5, 5.41) is 9.87. The van der Waals surface area contributed by atoms with Gasteiger partial charge in [-0.05, 0) is 33.7 Å². The second kappa shape index (κ2) is 7.29. The number of aryl methyl sites for hydroxylation is 2. The number of anilines is 1. The Morgan fingerprint density at radius 3 is 2.69 bits per heavy atom. The predicted octanol–water partition coefficient (Wildman–Crippen LogP) is 1.37. The zero-order chi connectivity index (χ0) is 18.9. The number of aromatic nitrogens is 3. The summed E-state index contributed by atoms with van der Waals surface area (Å²) in [6.45, 7) is 4.25. The van der Waals surface area contributed by atoms with Crippen LogP contribution in [0.25, 0.3) is 0 Å². The van der Waals surface area contributed by atoms with Crippen LogP contribution < -0.4 is 10.6 Å². The van der Waals surface area contributed by atoms with E-state index >= 15 is 0 Å². The van der Waals surface area contributed by atoms with Gasteiger partial charge in [-0.3, -0.25) is 0 Å². The largest absolute Gasteiger partial charge is 0.373 e. The van der Waals surface area contributed by atoms with Gasteiger partial charge in [0.1, 0.15) is 22.2 Å². The monoisotopic (exact) mass is 380 g/mol. The van der Waals surface area contributed by atoms with Gasteiger partial charge in [-0.1, -0.05) is 5.16 Å². The Morgan fingerprint density at radius 2 is 2.08 bits per heavy atom. The number of hydrogen-bond acceptors (Lipinski definition) is 8. The molecule has 9 nitrogen and oxygen atoms in total. The van der Waals surface area contributed by atoms with Gasteiger partial charge < -0.3 is 15.2 Å². The molecule has 1 fully saturated rings. The van der Waals surface area contributed by atoms with Crippen LogP contribution in [0.1, 0.15) is 41.9 Å². The second-order valence-corrected chi connectivity index (χ2v) is 8.14. The maximum absolute atomic E-state index is 13.2. The molecule has 1 aliphatic rings. The zero-order valence-electron chi connectivity index (χ0n) is 15.4. The van der Waals surface area contributed by atoms with E-state index in [0.717, 1.165) is 12.1 Å². The molecule has 0 saturated carbocycles. The van der Waals surface area contributed by atoms with Crippen LogP contribution in [0.4, 0.5) is 5.82 Å². The summed E-state index contributed by atoms with van der Waals surface area (Å²) in [5.74, 6) is 1.48. The molecular formula is C16H24N6O3S. The van der Waals surface area contributed by atoms with Gasteiger partial charge in [-0.25, -0.2) is 18.4 Å². The summed E-state index contributed by atoms with van der Waals surface area (Å²) in [4.78, 5) is 9.24. The molecule has 1 saturated heterocycles. The highest BCUT2D eigenvalue weighted by Crippen LogP contribution is 2.37. The van der Waals surface area contributed by atoms with Gasteiger partial charge in [-0.2, -0.15) is 4.31 Å². The van der Waals surface area contributed by atoms with Crippen LogP contribution in [0, 0.1) is 13.8 Å². The molecule has 0 aliphatic carbocycles. The number of hydrogen-bond donors (Lipinski definition) is 2. The molecule has 0 unspecified atom stereocenters. The molecule has 3 heterocycles. The Labute approximate surface area is 153 Å². The van der Waals surface area contributed by atoms with Crippen molar-refractivity contribution in [1.29, 1.82) is 0 Å². The van der Waals surface area contributed by atoms with Crippen LogP contribution in [0.3, 0.4) is 0 Å². The molecule has 1 aliphatic heterocycles. The lowest BCUT2D eigenvalue weighted by Crippen LogP contribution is -2.32. The normalized spacial score (nSPS) is 18.4. The van der Waals surface area contributed by atoms with E-state index in [1.165, 1.54) is 4.31 Å². The van der Waals surface area contributed by atoms with Crippen LogP contribution in [-0.4, -0.2) is 48.5 Å². The van der Waals surface area contributed by atoms with Crippen molar-refractivity contribution >= 4 is 15.8 Å². The van der Waals surface area contributed by atoms with Crippen LogP contribution in [0.5, 0.6) is 0 Å². The van der Waals surface area contributed by atoms with Crippen molar-refractivity contribution in [3.8, 4) is 0 Å². The fourth-order valence-corrected chi connectivity index (χ4v) is 5.26. The fourth-order valence-electron chi connectivity index (χ4n) is 3.31. The highest BCUT2D eigenvalue weighted by Gasteiger charge is 2.40. The Hall–Kier alpha value is -2.04. The second-order valence-electron chi connectivity index (χ2n) is 6.31. The fraction of sp³-hybridized carbons (Fsp3) is 0.562. The Balaban J connectivity index is 2.02. The minimum atomic E-state index is -3.74. The van der Waals surface area contributed by atoms with Crippen molar-refractivity contribution in [2.24, 2.45) is 0 Å². The first-order chi connectivity index (χ1) is 12.4. The minimum absolute atomic E-state index is 0.143. The first kappa shape index (κ1) is 18.7. The number of sulfonamides is 1. The van der Waals surface area contributed by atoms with Gasteiger partial charge in [0.25, 0.3) is 0 Å². The van der Waals surface area contributed by atoms with Crippen molar-refractivity contribution in [2.75, 3.05) is 26.0 Å². The Morgan fingerprint density at radius 1 is 1.31 bits per heavy atom. The molecule has 2 N–H and O–H groups in total. The lowest BCUT2D eigenvalue weighted by molar-refractivity contribution is 0.376. The maximum atomic E-state index is 13.2. The summed E-state index contributed by atoms with van der Waals surface area (Å²) >= 11 is 0. The van der Waals surface area contributed by atoms with E-state index in [0.29, 0.717) is 42.6 Å². The molecule has 0 radical (unpaired) electrons. The standard InChI is InChI=1S/C16H24N6O3S/c1-10-15(11(2)25-21-10)26(23,24)22-7-5-6-13(22)16-19-12(9-17-3)8-14(18-4)20-16/h8,13,17H,5-7,9H2,1-4H3,(H,18,19,20)/t13-/m0/s1. The summed E-state index contributed by atoms with van der Waals surface area (Å²) in [7, 11) is -0.120. The molecule has 1 atom stereocenters. The van der Waals surface area contributed by atoms with Gasteiger partial charge in [0.05, 0.1) is 11.7 Å². The molecule has 2 aromatic rings. The molecule has 26 heavy (non-hydrogen) atoms. The molecule has 0 aromatic carbocycles. The number of nitrogens with one attached hydrogen (secondary N) is 2. The van der Waals surface area contributed by atoms with E-state index < -0.39 is 16.1 Å². The quantitative estimate of drug-likeness (QED) is 0.772. The van der Waals surface area contributed by atoms with Crippen molar-refractivity contribution in [3.63, 3.8) is 0 Å². The van der Waals surface area contributed by atoms with Crippen molar-refractivity contribution in [3.05, 3.63) is 29.0 Å².